The number of halogens is 2. The van der Waals surface area contributed by atoms with E-state index in [0.29, 0.717) is 6.61 Å². The molecular formula is C22H21BrClNO. The molecule has 0 heterocycles. The maximum absolute atomic E-state index is 6.03. The van der Waals surface area contributed by atoms with Gasteiger partial charge in [-0.3, -0.25) is 0 Å². The monoisotopic (exact) mass is 429 g/mol. The van der Waals surface area contributed by atoms with Gasteiger partial charge in [0.1, 0.15) is 12.4 Å². The number of nitrogens with one attached hydrogen (secondary N) is 1. The van der Waals surface area contributed by atoms with E-state index < -0.39 is 0 Å². The molecule has 0 fully saturated rings. The third kappa shape index (κ3) is 5.60. The first-order chi connectivity index (χ1) is 12.6. The van der Waals surface area contributed by atoms with Gasteiger partial charge in [0.05, 0.1) is 0 Å². The summed E-state index contributed by atoms with van der Waals surface area (Å²) in [6, 6.07) is 22.4. The Morgan fingerprint density at radius 2 is 1.58 bits per heavy atom. The van der Waals surface area contributed by atoms with Gasteiger partial charge < -0.3 is 10.1 Å². The Labute approximate surface area is 168 Å². The molecule has 0 aliphatic heterocycles. The van der Waals surface area contributed by atoms with E-state index in [0.717, 1.165) is 39.5 Å². The van der Waals surface area contributed by atoms with Crippen molar-refractivity contribution >= 4 is 27.5 Å². The molecule has 0 aliphatic carbocycles. The van der Waals surface area contributed by atoms with Gasteiger partial charge in [-0.25, -0.2) is 0 Å². The maximum Gasteiger partial charge on any atom is 0.124 e. The van der Waals surface area contributed by atoms with Crippen LogP contribution in [0.25, 0.3) is 0 Å². The number of rotatable bonds is 7. The Morgan fingerprint density at radius 3 is 2.31 bits per heavy atom. The van der Waals surface area contributed by atoms with Crippen LogP contribution in [0.2, 0.25) is 5.02 Å². The summed E-state index contributed by atoms with van der Waals surface area (Å²) in [6.07, 6.45) is 0. The van der Waals surface area contributed by atoms with Crippen LogP contribution in [0.3, 0.4) is 0 Å². The van der Waals surface area contributed by atoms with E-state index in [1.54, 1.807) is 0 Å². The average molecular weight is 431 g/mol. The minimum atomic E-state index is 0.518. The largest absolute Gasteiger partial charge is 0.489 e. The van der Waals surface area contributed by atoms with Crippen LogP contribution in [0, 0.1) is 6.92 Å². The van der Waals surface area contributed by atoms with Gasteiger partial charge in [-0.05, 0) is 48.4 Å². The van der Waals surface area contributed by atoms with Crippen molar-refractivity contribution in [3.05, 3.63) is 98.5 Å². The molecule has 3 rings (SSSR count). The van der Waals surface area contributed by atoms with E-state index in [2.05, 4.69) is 58.5 Å². The molecule has 0 radical (unpaired) electrons. The summed E-state index contributed by atoms with van der Waals surface area (Å²) < 4.78 is 7.08. The standard InChI is InChI=1S/C22H21BrClNO/c1-16-2-4-17(5-3-16)13-25-14-19-12-20(23)8-11-22(19)26-15-18-6-9-21(24)10-7-18/h2-12,25H,13-15H2,1H3. The SMILES string of the molecule is Cc1ccc(CNCc2cc(Br)ccc2OCc2ccc(Cl)cc2)cc1. The summed E-state index contributed by atoms with van der Waals surface area (Å²) in [7, 11) is 0. The Balaban J connectivity index is 1.61. The van der Waals surface area contributed by atoms with Crippen molar-refractivity contribution < 1.29 is 4.74 Å². The van der Waals surface area contributed by atoms with Crippen LogP contribution in [0.1, 0.15) is 22.3 Å². The fourth-order valence-corrected chi connectivity index (χ4v) is 3.15. The van der Waals surface area contributed by atoms with Crippen molar-refractivity contribution in [2.24, 2.45) is 0 Å². The molecule has 0 amide bonds. The first-order valence-corrected chi connectivity index (χ1v) is 9.69. The quantitative estimate of drug-likeness (QED) is 0.476. The highest BCUT2D eigenvalue weighted by molar-refractivity contribution is 9.10. The normalized spacial score (nSPS) is 10.7. The van der Waals surface area contributed by atoms with E-state index >= 15 is 0 Å². The number of ether oxygens (including phenoxy) is 1. The minimum Gasteiger partial charge on any atom is -0.489 e. The van der Waals surface area contributed by atoms with Gasteiger partial charge in [0, 0.05) is 28.1 Å². The third-order valence-electron chi connectivity index (χ3n) is 4.10. The molecule has 0 aromatic heterocycles. The molecule has 0 atom stereocenters. The number of hydrogen-bond donors (Lipinski definition) is 1. The minimum absolute atomic E-state index is 0.518. The molecule has 2 nitrogen and oxygen atoms in total. The number of aryl methyl sites for hydroxylation is 1. The van der Waals surface area contributed by atoms with Crippen LogP contribution >= 0.6 is 27.5 Å². The van der Waals surface area contributed by atoms with Crippen molar-refractivity contribution in [3.8, 4) is 5.75 Å². The Bertz CT molecular complexity index is 847. The zero-order chi connectivity index (χ0) is 18.4. The van der Waals surface area contributed by atoms with Crippen molar-refractivity contribution in [2.45, 2.75) is 26.6 Å². The van der Waals surface area contributed by atoms with Crippen LogP contribution < -0.4 is 10.1 Å². The van der Waals surface area contributed by atoms with Crippen LogP contribution in [-0.2, 0) is 19.7 Å². The van der Waals surface area contributed by atoms with Gasteiger partial charge in [0.2, 0.25) is 0 Å². The first-order valence-electron chi connectivity index (χ1n) is 8.52. The van der Waals surface area contributed by atoms with Crippen molar-refractivity contribution in [3.63, 3.8) is 0 Å². The van der Waals surface area contributed by atoms with Crippen molar-refractivity contribution in [1.29, 1.82) is 0 Å². The third-order valence-corrected chi connectivity index (χ3v) is 4.84. The topological polar surface area (TPSA) is 21.3 Å². The first kappa shape index (κ1) is 19.0. The van der Waals surface area contributed by atoms with Gasteiger partial charge in [-0.1, -0.05) is 69.5 Å². The summed E-state index contributed by atoms with van der Waals surface area (Å²) in [5.74, 6) is 0.888. The summed E-state index contributed by atoms with van der Waals surface area (Å²) >= 11 is 9.48. The average Bonchev–Trinajstić information content (AvgIpc) is 2.64. The lowest BCUT2D eigenvalue weighted by Gasteiger charge is -2.13. The van der Waals surface area contributed by atoms with Gasteiger partial charge in [-0.2, -0.15) is 0 Å². The highest BCUT2D eigenvalue weighted by atomic mass is 79.9. The van der Waals surface area contributed by atoms with Gasteiger partial charge in [0.25, 0.3) is 0 Å². The Morgan fingerprint density at radius 1 is 0.885 bits per heavy atom. The molecule has 1 N–H and O–H groups in total. The molecule has 0 saturated heterocycles. The maximum atomic E-state index is 6.03. The van der Waals surface area contributed by atoms with E-state index in [9.17, 15) is 0 Å². The van der Waals surface area contributed by atoms with E-state index in [1.807, 2.05) is 36.4 Å². The lowest BCUT2D eigenvalue weighted by molar-refractivity contribution is 0.302. The summed E-state index contributed by atoms with van der Waals surface area (Å²) in [5.41, 5.74) is 4.77. The summed E-state index contributed by atoms with van der Waals surface area (Å²) in [5, 5.41) is 4.23. The summed E-state index contributed by atoms with van der Waals surface area (Å²) in [4.78, 5) is 0. The molecule has 3 aromatic carbocycles. The highest BCUT2D eigenvalue weighted by Gasteiger charge is 2.06. The zero-order valence-electron chi connectivity index (χ0n) is 14.6. The Hall–Kier alpha value is -1.81. The van der Waals surface area contributed by atoms with Crippen molar-refractivity contribution in [2.75, 3.05) is 0 Å². The van der Waals surface area contributed by atoms with Crippen LogP contribution in [0.15, 0.2) is 71.2 Å². The second-order valence-electron chi connectivity index (χ2n) is 6.26. The fourth-order valence-electron chi connectivity index (χ4n) is 2.62. The number of hydrogen-bond acceptors (Lipinski definition) is 2. The smallest absolute Gasteiger partial charge is 0.124 e. The van der Waals surface area contributed by atoms with Gasteiger partial charge >= 0.3 is 0 Å². The predicted octanol–water partition coefficient (Wildman–Crippen LogP) is 6.28. The molecule has 134 valence electrons. The lowest BCUT2D eigenvalue weighted by atomic mass is 10.1. The Kier molecular flexibility index (Phi) is 6.73. The summed E-state index contributed by atoms with van der Waals surface area (Å²) in [6.45, 7) is 4.18. The molecular weight excluding hydrogens is 410 g/mol. The second kappa shape index (κ2) is 9.22. The van der Waals surface area contributed by atoms with Gasteiger partial charge in [0.15, 0.2) is 0 Å². The molecule has 0 bridgehead atoms. The van der Waals surface area contributed by atoms with E-state index in [4.69, 9.17) is 16.3 Å². The van der Waals surface area contributed by atoms with Crippen LogP contribution in [0.5, 0.6) is 5.75 Å². The zero-order valence-corrected chi connectivity index (χ0v) is 17.0. The van der Waals surface area contributed by atoms with Crippen LogP contribution in [0.4, 0.5) is 0 Å². The fraction of sp³-hybridized carbons (Fsp3) is 0.182. The number of benzene rings is 3. The van der Waals surface area contributed by atoms with Gasteiger partial charge in [-0.15, -0.1) is 0 Å². The predicted molar refractivity (Wildman–Crippen MR) is 112 cm³/mol. The molecule has 26 heavy (non-hydrogen) atoms. The molecule has 3 aromatic rings. The second-order valence-corrected chi connectivity index (χ2v) is 7.61. The van der Waals surface area contributed by atoms with E-state index in [-0.39, 0.29) is 0 Å². The lowest BCUT2D eigenvalue weighted by Crippen LogP contribution is -2.13. The molecule has 0 aliphatic rings. The molecule has 0 spiro atoms. The molecule has 4 heteroatoms. The van der Waals surface area contributed by atoms with E-state index in [1.165, 1.54) is 11.1 Å². The molecule has 0 unspecified atom stereocenters. The highest BCUT2D eigenvalue weighted by Crippen LogP contribution is 2.24. The van der Waals surface area contributed by atoms with Crippen LogP contribution in [-0.4, -0.2) is 0 Å². The van der Waals surface area contributed by atoms with Crippen molar-refractivity contribution in [1.82, 2.24) is 5.32 Å². The molecule has 0 saturated carbocycles.